The summed E-state index contributed by atoms with van der Waals surface area (Å²) in [4.78, 5) is 50.8. The Balaban J connectivity index is 1.68. The van der Waals surface area contributed by atoms with Crippen LogP contribution in [0, 0.1) is 6.92 Å². The third-order valence-corrected chi connectivity index (χ3v) is 7.98. The maximum atomic E-state index is 13.1. The first-order valence-corrected chi connectivity index (χ1v) is 14.1. The van der Waals surface area contributed by atoms with Crippen molar-refractivity contribution >= 4 is 51.9 Å². The van der Waals surface area contributed by atoms with Gasteiger partial charge in [-0.1, -0.05) is 11.8 Å². The van der Waals surface area contributed by atoms with Crippen molar-refractivity contribution in [1.82, 2.24) is 20.1 Å². The standard InChI is InChI=1S/C26H31N5O7S2/c1-7-37-24(34)19-14(3)20(25(35)38-8-2)40-23(19)28-21(32)15(4)39-26-30-29-18(31(26)5)13-27-22(33)16-9-11-17(36-6)12-10-16/h9-12,15H,7-8,13H2,1-6H3,(H,27,33)(H,28,32). The summed E-state index contributed by atoms with van der Waals surface area (Å²) in [6.45, 7) is 7.07. The number of methoxy groups -OCH3 is 1. The molecule has 214 valence electrons. The minimum absolute atomic E-state index is 0.119. The zero-order valence-electron chi connectivity index (χ0n) is 23.0. The molecule has 0 fully saturated rings. The zero-order chi connectivity index (χ0) is 29.4. The average molecular weight is 590 g/mol. The molecule has 0 spiro atoms. The van der Waals surface area contributed by atoms with Gasteiger partial charge >= 0.3 is 11.9 Å². The number of hydrogen-bond acceptors (Lipinski definition) is 11. The molecule has 1 atom stereocenters. The fourth-order valence-electron chi connectivity index (χ4n) is 3.47. The van der Waals surface area contributed by atoms with Crippen LogP contribution in [0.3, 0.4) is 0 Å². The van der Waals surface area contributed by atoms with E-state index in [0.29, 0.717) is 27.9 Å². The Bertz CT molecular complexity index is 1380. The van der Waals surface area contributed by atoms with E-state index in [0.717, 1.165) is 23.1 Å². The number of aromatic nitrogens is 3. The van der Waals surface area contributed by atoms with Crippen LogP contribution < -0.4 is 15.4 Å². The second kappa shape index (κ2) is 13.9. The van der Waals surface area contributed by atoms with Gasteiger partial charge in [0.1, 0.15) is 15.6 Å². The van der Waals surface area contributed by atoms with Crippen LogP contribution in [0.15, 0.2) is 29.4 Å². The summed E-state index contributed by atoms with van der Waals surface area (Å²) in [7, 11) is 3.28. The molecule has 0 aliphatic heterocycles. The molecule has 0 saturated heterocycles. The fourth-order valence-corrected chi connectivity index (χ4v) is 5.40. The molecular weight excluding hydrogens is 558 g/mol. The first kappa shape index (κ1) is 30.6. The molecule has 2 N–H and O–H groups in total. The number of benzene rings is 1. The topological polar surface area (TPSA) is 151 Å². The normalized spacial score (nSPS) is 11.4. The summed E-state index contributed by atoms with van der Waals surface area (Å²) in [6.07, 6.45) is 0. The van der Waals surface area contributed by atoms with Gasteiger partial charge in [0.15, 0.2) is 11.0 Å². The molecule has 2 heterocycles. The molecule has 1 unspecified atom stereocenters. The van der Waals surface area contributed by atoms with Crippen molar-refractivity contribution in [3.8, 4) is 5.75 Å². The molecule has 0 aliphatic carbocycles. The summed E-state index contributed by atoms with van der Waals surface area (Å²) in [6, 6.07) is 6.71. The number of thioether (sulfide) groups is 1. The lowest BCUT2D eigenvalue weighted by molar-refractivity contribution is -0.115. The Morgan fingerprint density at radius 1 is 1.05 bits per heavy atom. The lowest BCUT2D eigenvalue weighted by Gasteiger charge is -2.12. The number of hydrogen-bond donors (Lipinski definition) is 2. The Hall–Kier alpha value is -3.91. The van der Waals surface area contributed by atoms with Gasteiger partial charge in [-0.05, 0) is 57.5 Å². The van der Waals surface area contributed by atoms with Crippen LogP contribution in [0.25, 0.3) is 0 Å². The van der Waals surface area contributed by atoms with E-state index >= 15 is 0 Å². The van der Waals surface area contributed by atoms with Crippen LogP contribution >= 0.6 is 23.1 Å². The Morgan fingerprint density at radius 3 is 2.33 bits per heavy atom. The summed E-state index contributed by atoms with van der Waals surface area (Å²) in [5, 5.41) is 13.8. The number of nitrogens with zero attached hydrogens (tertiary/aromatic N) is 3. The minimum atomic E-state index is -0.645. The number of thiophene rings is 1. The predicted octanol–water partition coefficient (Wildman–Crippen LogP) is 3.60. The molecule has 0 aliphatic rings. The lowest BCUT2D eigenvalue weighted by atomic mass is 10.1. The first-order valence-electron chi connectivity index (χ1n) is 12.4. The summed E-state index contributed by atoms with van der Waals surface area (Å²) in [5.74, 6) is -0.769. The molecule has 40 heavy (non-hydrogen) atoms. The number of carbonyl (C=O) groups excluding carboxylic acids is 4. The number of carbonyl (C=O) groups is 4. The zero-order valence-corrected chi connectivity index (χ0v) is 24.7. The van der Waals surface area contributed by atoms with Crippen molar-refractivity contribution in [2.45, 2.75) is 44.6 Å². The quantitative estimate of drug-likeness (QED) is 0.237. The molecule has 3 aromatic rings. The number of rotatable bonds is 12. The van der Waals surface area contributed by atoms with Gasteiger partial charge in [0.2, 0.25) is 5.91 Å². The monoisotopic (exact) mass is 589 g/mol. The van der Waals surface area contributed by atoms with Gasteiger partial charge in [-0.2, -0.15) is 0 Å². The van der Waals surface area contributed by atoms with Crippen LogP contribution in [-0.4, -0.2) is 64.1 Å². The van der Waals surface area contributed by atoms with Crippen LogP contribution in [-0.2, 0) is 27.9 Å². The van der Waals surface area contributed by atoms with Gasteiger partial charge in [-0.3, -0.25) is 9.59 Å². The predicted molar refractivity (Wildman–Crippen MR) is 150 cm³/mol. The molecule has 2 amide bonds. The Kier molecular flexibility index (Phi) is 10.7. The van der Waals surface area contributed by atoms with E-state index in [9.17, 15) is 19.2 Å². The number of ether oxygens (including phenoxy) is 3. The first-order chi connectivity index (χ1) is 19.1. The van der Waals surface area contributed by atoms with E-state index in [4.69, 9.17) is 14.2 Å². The van der Waals surface area contributed by atoms with E-state index in [-0.39, 0.29) is 41.1 Å². The van der Waals surface area contributed by atoms with E-state index in [1.165, 1.54) is 0 Å². The SMILES string of the molecule is CCOC(=O)c1sc(NC(=O)C(C)Sc2nnc(CNC(=O)c3ccc(OC)cc3)n2C)c(C(=O)OCC)c1C. The summed E-state index contributed by atoms with van der Waals surface area (Å²) >= 11 is 2.11. The highest BCUT2D eigenvalue weighted by molar-refractivity contribution is 8.00. The molecule has 14 heteroatoms. The Morgan fingerprint density at radius 2 is 1.70 bits per heavy atom. The van der Waals surface area contributed by atoms with Crippen LogP contribution in [0.1, 0.15) is 62.5 Å². The summed E-state index contributed by atoms with van der Waals surface area (Å²) < 4.78 is 17.0. The molecule has 0 bridgehead atoms. The smallest absolute Gasteiger partial charge is 0.348 e. The number of nitrogens with one attached hydrogen (secondary N) is 2. The van der Waals surface area contributed by atoms with Crippen LogP contribution in [0.5, 0.6) is 5.75 Å². The summed E-state index contributed by atoms with van der Waals surface area (Å²) in [5.41, 5.74) is 0.973. The van der Waals surface area contributed by atoms with Gasteiger partial charge in [0, 0.05) is 12.6 Å². The fraction of sp³-hybridized carbons (Fsp3) is 0.385. The average Bonchev–Trinajstić information content (AvgIpc) is 3.45. The molecule has 0 saturated carbocycles. The van der Waals surface area contributed by atoms with E-state index in [1.54, 1.807) is 70.7 Å². The van der Waals surface area contributed by atoms with Gasteiger partial charge in [0.25, 0.3) is 5.91 Å². The van der Waals surface area contributed by atoms with Crippen molar-refractivity contribution in [2.24, 2.45) is 7.05 Å². The highest BCUT2D eigenvalue weighted by Crippen LogP contribution is 2.35. The Labute approximate surface area is 239 Å². The van der Waals surface area contributed by atoms with E-state index in [1.807, 2.05) is 0 Å². The number of anilines is 1. The molecule has 3 rings (SSSR count). The minimum Gasteiger partial charge on any atom is -0.497 e. The largest absolute Gasteiger partial charge is 0.497 e. The molecule has 12 nitrogen and oxygen atoms in total. The van der Waals surface area contributed by atoms with Gasteiger partial charge < -0.3 is 29.4 Å². The second-order valence-electron chi connectivity index (χ2n) is 8.32. The van der Waals surface area contributed by atoms with E-state index < -0.39 is 23.1 Å². The van der Waals surface area contributed by atoms with Gasteiger partial charge in [-0.15, -0.1) is 21.5 Å². The molecule has 1 aromatic carbocycles. The number of amides is 2. The third kappa shape index (κ3) is 7.18. The molecular formula is C26H31N5O7S2. The second-order valence-corrected chi connectivity index (χ2v) is 10.6. The van der Waals surface area contributed by atoms with E-state index in [2.05, 4.69) is 20.8 Å². The lowest BCUT2D eigenvalue weighted by Crippen LogP contribution is -2.25. The van der Waals surface area contributed by atoms with Gasteiger partial charge in [0.05, 0.1) is 37.7 Å². The van der Waals surface area contributed by atoms with Crippen molar-refractivity contribution < 1.29 is 33.4 Å². The van der Waals surface area contributed by atoms with Gasteiger partial charge in [-0.25, -0.2) is 9.59 Å². The maximum absolute atomic E-state index is 13.1. The van der Waals surface area contributed by atoms with Crippen molar-refractivity contribution in [3.05, 3.63) is 51.7 Å². The molecule has 2 aromatic heterocycles. The van der Waals surface area contributed by atoms with Crippen molar-refractivity contribution in [2.75, 3.05) is 25.6 Å². The van der Waals surface area contributed by atoms with Crippen molar-refractivity contribution in [3.63, 3.8) is 0 Å². The number of esters is 2. The maximum Gasteiger partial charge on any atom is 0.348 e. The molecule has 0 radical (unpaired) electrons. The highest BCUT2D eigenvalue weighted by Gasteiger charge is 2.29. The highest BCUT2D eigenvalue weighted by atomic mass is 32.2. The third-order valence-electron chi connectivity index (χ3n) is 5.66. The van der Waals surface area contributed by atoms with Crippen LogP contribution in [0.2, 0.25) is 0 Å². The van der Waals surface area contributed by atoms with Crippen molar-refractivity contribution in [1.29, 1.82) is 0 Å². The van der Waals surface area contributed by atoms with Crippen LogP contribution in [0.4, 0.5) is 5.00 Å².